The first-order chi connectivity index (χ1) is 12.3. The van der Waals surface area contributed by atoms with Gasteiger partial charge in [0.05, 0.1) is 31.5 Å². The molecule has 124 valence electrons. The number of rotatable bonds is 2. The number of hydrogen-bond acceptors (Lipinski definition) is 3. The van der Waals surface area contributed by atoms with Gasteiger partial charge in [-0.3, -0.25) is 0 Å². The minimum atomic E-state index is 1.00. The molecule has 0 bridgehead atoms. The lowest BCUT2D eigenvalue weighted by atomic mass is 10.1. The van der Waals surface area contributed by atoms with Gasteiger partial charge in [0, 0.05) is 34.6 Å². The number of thiophene rings is 3. The van der Waals surface area contributed by atoms with Crippen molar-refractivity contribution in [1.29, 1.82) is 0 Å². The summed E-state index contributed by atoms with van der Waals surface area (Å²) in [6, 6.07) is 4.57. The second-order valence-corrected chi connectivity index (χ2v) is 8.98. The Morgan fingerprint density at radius 3 is 1.68 bits per heavy atom. The van der Waals surface area contributed by atoms with E-state index >= 15 is 0 Å². The highest BCUT2D eigenvalue weighted by Gasteiger charge is 2.23. The summed E-state index contributed by atoms with van der Waals surface area (Å²) in [5.41, 5.74) is 5.62. The van der Waals surface area contributed by atoms with Gasteiger partial charge in [0.15, 0.2) is 0 Å². The third-order valence-corrected chi connectivity index (χ3v) is 7.98. The van der Waals surface area contributed by atoms with Crippen molar-refractivity contribution in [3.05, 3.63) is 33.7 Å². The van der Waals surface area contributed by atoms with Gasteiger partial charge in [0.1, 0.15) is 0 Å². The smallest absolute Gasteiger partial charge is 0.0754 e. The molecule has 6 rings (SSSR count). The van der Waals surface area contributed by atoms with Crippen LogP contribution in [0, 0.1) is 0 Å². The van der Waals surface area contributed by atoms with Crippen LogP contribution < -0.4 is 0 Å². The first-order valence-corrected chi connectivity index (χ1v) is 11.3. The second kappa shape index (κ2) is 4.87. The molecule has 0 atom stereocenters. The van der Waals surface area contributed by atoms with Crippen LogP contribution in [0.4, 0.5) is 0 Å². The monoisotopic (exact) mass is 380 g/mol. The quantitative estimate of drug-likeness (QED) is 0.299. The lowest BCUT2D eigenvalue weighted by molar-refractivity contribution is 0.809. The Kier molecular flexibility index (Phi) is 2.80. The van der Waals surface area contributed by atoms with E-state index in [1.807, 2.05) is 34.0 Å². The fourth-order valence-corrected chi connectivity index (χ4v) is 7.21. The van der Waals surface area contributed by atoms with Gasteiger partial charge in [-0.1, -0.05) is 0 Å². The van der Waals surface area contributed by atoms with Crippen LogP contribution in [-0.4, -0.2) is 9.13 Å². The number of aryl methyl sites for hydroxylation is 2. The van der Waals surface area contributed by atoms with Crippen molar-refractivity contribution in [2.75, 3.05) is 0 Å². The molecular weight excluding hydrogens is 364 g/mol. The predicted molar refractivity (Wildman–Crippen MR) is 115 cm³/mol. The van der Waals surface area contributed by atoms with Crippen molar-refractivity contribution in [1.82, 2.24) is 9.13 Å². The van der Waals surface area contributed by atoms with E-state index in [0.717, 1.165) is 13.1 Å². The van der Waals surface area contributed by atoms with Crippen LogP contribution in [-0.2, 0) is 13.1 Å². The molecule has 2 nitrogen and oxygen atoms in total. The van der Waals surface area contributed by atoms with Gasteiger partial charge >= 0.3 is 0 Å². The van der Waals surface area contributed by atoms with E-state index in [-0.39, 0.29) is 0 Å². The van der Waals surface area contributed by atoms with Crippen LogP contribution in [0.15, 0.2) is 33.7 Å². The topological polar surface area (TPSA) is 9.86 Å². The lowest BCUT2D eigenvalue weighted by Gasteiger charge is -2.09. The van der Waals surface area contributed by atoms with Crippen LogP contribution in [0.1, 0.15) is 13.8 Å². The number of aromatic nitrogens is 2. The van der Waals surface area contributed by atoms with Crippen LogP contribution >= 0.6 is 34.0 Å². The molecule has 0 aliphatic carbocycles. The van der Waals surface area contributed by atoms with Gasteiger partial charge in [0.25, 0.3) is 0 Å². The van der Waals surface area contributed by atoms with Crippen molar-refractivity contribution < 1.29 is 0 Å². The third kappa shape index (κ3) is 1.56. The van der Waals surface area contributed by atoms with Gasteiger partial charge in [-0.25, -0.2) is 0 Å². The first kappa shape index (κ1) is 14.4. The molecule has 0 saturated heterocycles. The average Bonchev–Trinajstić information content (AvgIpc) is 3.38. The largest absolute Gasteiger partial charge is 0.338 e. The van der Waals surface area contributed by atoms with Gasteiger partial charge in [-0.2, -0.15) is 11.3 Å². The van der Waals surface area contributed by atoms with Crippen molar-refractivity contribution in [3.8, 4) is 0 Å². The number of benzene rings is 1. The Morgan fingerprint density at radius 2 is 1.24 bits per heavy atom. The normalized spacial score (nSPS) is 12.7. The Balaban J connectivity index is 2.10. The molecule has 6 aromatic rings. The Morgan fingerprint density at radius 1 is 0.760 bits per heavy atom. The minimum absolute atomic E-state index is 1.00. The summed E-state index contributed by atoms with van der Waals surface area (Å²) in [5.74, 6) is 0. The zero-order valence-electron chi connectivity index (χ0n) is 14.0. The van der Waals surface area contributed by atoms with Crippen LogP contribution in [0.2, 0.25) is 0 Å². The standard InChI is InChI=1S/C20H16N2S3/c1-3-21-13-5-7-24-19(13)15-11-9-23-10-12(11)16-18(17(15)21)22(4-2)14-6-8-25-20(14)16/h5-10H,3-4H2,1-2H3. The highest BCUT2D eigenvalue weighted by molar-refractivity contribution is 7.19. The molecule has 0 spiro atoms. The van der Waals surface area contributed by atoms with Crippen molar-refractivity contribution in [2.45, 2.75) is 26.9 Å². The number of hydrogen-bond donors (Lipinski definition) is 0. The summed E-state index contributed by atoms with van der Waals surface area (Å²) >= 11 is 5.59. The molecule has 25 heavy (non-hydrogen) atoms. The Labute approximate surface area is 156 Å². The summed E-state index contributed by atoms with van der Waals surface area (Å²) in [6.07, 6.45) is 0. The van der Waals surface area contributed by atoms with E-state index in [1.54, 1.807) is 0 Å². The van der Waals surface area contributed by atoms with E-state index in [9.17, 15) is 0 Å². The molecule has 1 aromatic carbocycles. The summed E-state index contributed by atoms with van der Waals surface area (Å²) in [6.45, 7) is 6.54. The van der Waals surface area contributed by atoms with Gasteiger partial charge in [-0.05, 0) is 47.5 Å². The summed E-state index contributed by atoms with van der Waals surface area (Å²) in [7, 11) is 0. The molecule has 5 aromatic heterocycles. The number of nitrogens with zero attached hydrogens (tertiary/aromatic N) is 2. The maximum absolute atomic E-state index is 2.52. The number of fused-ring (bicyclic) bond motifs is 10. The minimum Gasteiger partial charge on any atom is -0.338 e. The highest BCUT2D eigenvalue weighted by Crippen LogP contribution is 2.47. The zero-order valence-corrected chi connectivity index (χ0v) is 16.4. The molecule has 0 N–H and O–H groups in total. The van der Waals surface area contributed by atoms with E-state index in [2.05, 4.69) is 56.6 Å². The molecule has 0 saturated carbocycles. The van der Waals surface area contributed by atoms with Gasteiger partial charge < -0.3 is 9.13 Å². The lowest BCUT2D eigenvalue weighted by Crippen LogP contribution is -1.98. The molecule has 0 aliphatic rings. The molecule has 0 aliphatic heterocycles. The van der Waals surface area contributed by atoms with Crippen molar-refractivity contribution in [3.63, 3.8) is 0 Å². The maximum Gasteiger partial charge on any atom is 0.0754 e. The van der Waals surface area contributed by atoms with E-state index < -0.39 is 0 Å². The average molecular weight is 381 g/mol. The van der Waals surface area contributed by atoms with Gasteiger partial charge in [-0.15, -0.1) is 22.7 Å². The molecular formula is C20H16N2S3. The van der Waals surface area contributed by atoms with E-state index in [4.69, 9.17) is 0 Å². The molecule has 0 amide bonds. The fourth-order valence-electron chi connectivity index (χ4n) is 4.46. The van der Waals surface area contributed by atoms with Crippen LogP contribution in [0.3, 0.4) is 0 Å². The highest BCUT2D eigenvalue weighted by atomic mass is 32.1. The summed E-state index contributed by atoms with van der Waals surface area (Å²) in [4.78, 5) is 0. The van der Waals surface area contributed by atoms with Crippen molar-refractivity contribution in [2.24, 2.45) is 0 Å². The van der Waals surface area contributed by atoms with Crippen LogP contribution in [0.25, 0.3) is 53.0 Å². The van der Waals surface area contributed by atoms with Crippen LogP contribution in [0.5, 0.6) is 0 Å². The maximum atomic E-state index is 2.52. The molecule has 0 radical (unpaired) electrons. The van der Waals surface area contributed by atoms with E-state index in [0.29, 0.717) is 0 Å². The second-order valence-electron chi connectivity index (χ2n) is 6.40. The molecule has 0 fully saturated rings. The predicted octanol–water partition coefficient (Wildman–Crippen LogP) is 7.28. The summed E-state index contributed by atoms with van der Waals surface area (Å²) in [5, 5.41) is 14.9. The van der Waals surface area contributed by atoms with E-state index in [1.165, 1.54) is 53.0 Å². The molecule has 5 heteroatoms. The zero-order chi connectivity index (χ0) is 16.7. The van der Waals surface area contributed by atoms with Gasteiger partial charge in [0.2, 0.25) is 0 Å². The fraction of sp³-hybridized carbons (Fsp3) is 0.200. The summed E-state index contributed by atoms with van der Waals surface area (Å²) < 4.78 is 7.93. The Hall–Kier alpha value is -1.82. The molecule has 5 heterocycles. The first-order valence-electron chi connectivity index (χ1n) is 8.61. The SMILES string of the molecule is CCn1c2ccsc2c2c3cscc3c3c4sccc4n(CC)c3c21. The van der Waals surface area contributed by atoms with Crippen molar-refractivity contribution >= 4 is 87.0 Å². The molecule has 0 unspecified atom stereocenters. The Bertz CT molecular complexity index is 1310. The third-order valence-electron chi connectivity index (χ3n) is 5.40.